The number of benzene rings is 2. The Labute approximate surface area is 136 Å². The normalized spacial score (nSPS) is 10.5. The molecule has 118 valence electrons. The first-order chi connectivity index (χ1) is 11.0. The molecular formula is C19H20N2O2. The molecule has 0 aliphatic heterocycles. The minimum absolute atomic E-state index is 0.00485. The molecule has 23 heavy (non-hydrogen) atoms. The molecule has 0 radical (unpaired) electrons. The van der Waals surface area contributed by atoms with E-state index in [1.165, 1.54) is 13.0 Å². The van der Waals surface area contributed by atoms with E-state index in [4.69, 9.17) is 0 Å². The quantitative estimate of drug-likeness (QED) is 0.861. The average molecular weight is 308 g/mol. The van der Waals surface area contributed by atoms with Gasteiger partial charge in [-0.25, -0.2) is 0 Å². The van der Waals surface area contributed by atoms with Gasteiger partial charge in [0.05, 0.1) is 0 Å². The van der Waals surface area contributed by atoms with E-state index in [1.54, 1.807) is 18.0 Å². The highest BCUT2D eigenvalue weighted by Gasteiger charge is 2.04. The van der Waals surface area contributed by atoms with Crippen molar-refractivity contribution >= 4 is 23.6 Å². The summed E-state index contributed by atoms with van der Waals surface area (Å²) < 4.78 is 0. The van der Waals surface area contributed by atoms with E-state index in [1.807, 2.05) is 54.6 Å². The molecule has 0 atom stereocenters. The standard InChI is InChI=1S/C19H20N2O2/c1-15(22)21(2)14-17-9-6-10-18(13-17)20-19(23)12-11-16-7-4-3-5-8-16/h3-13H,14H2,1-2H3,(H,20,23)/b12-11+. The Morgan fingerprint density at radius 3 is 2.52 bits per heavy atom. The van der Waals surface area contributed by atoms with Crippen LogP contribution in [-0.2, 0) is 16.1 Å². The Hall–Kier alpha value is -2.88. The van der Waals surface area contributed by atoms with E-state index < -0.39 is 0 Å². The third kappa shape index (κ3) is 5.43. The van der Waals surface area contributed by atoms with Gasteiger partial charge >= 0.3 is 0 Å². The van der Waals surface area contributed by atoms with E-state index >= 15 is 0 Å². The smallest absolute Gasteiger partial charge is 0.248 e. The number of nitrogens with zero attached hydrogens (tertiary/aromatic N) is 1. The van der Waals surface area contributed by atoms with Crippen LogP contribution in [0.25, 0.3) is 6.08 Å². The molecule has 0 heterocycles. The van der Waals surface area contributed by atoms with Crippen molar-refractivity contribution in [1.82, 2.24) is 4.90 Å². The topological polar surface area (TPSA) is 49.4 Å². The zero-order chi connectivity index (χ0) is 16.7. The lowest BCUT2D eigenvalue weighted by molar-refractivity contribution is -0.128. The lowest BCUT2D eigenvalue weighted by Crippen LogP contribution is -2.23. The maximum atomic E-state index is 12.0. The van der Waals surface area contributed by atoms with Gasteiger partial charge in [-0.05, 0) is 29.3 Å². The molecule has 0 spiro atoms. The van der Waals surface area contributed by atoms with Crippen molar-refractivity contribution in [2.45, 2.75) is 13.5 Å². The van der Waals surface area contributed by atoms with Gasteiger partial charge in [-0.15, -0.1) is 0 Å². The Morgan fingerprint density at radius 1 is 1.09 bits per heavy atom. The van der Waals surface area contributed by atoms with Crippen molar-refractivity contribution in [2.75, 3.05) is 12.4 Å². The maximum Gasteiger partial charge on any atom is 0.248 e. The van der Waals surface area contributed by atoms with Crippen LogP contribution < -0.4 is 5.32 Å². The number of nitrogens with one attached hydrogen (secondary N) is 1. The Bertz CT molecular complexity index is 708. The fourth-order valence-corrected chi connectivity index (χ4v) is 2.05. The van der Waals surface area contributed by atoms with Crippen LogP contribution >= 0.6 is 0 Å². The summed E-state index contributed by atoms with van der Waals surface area (Å²) >= 11 is 0. The van der Waals surface area contributed by atoms with Crippen LogP contribution in [0.4, 0.5) is 5.69 Å². The van der Waals surface area contributed by atoms with Crippen LogP contribution in [0.2, 0.25) is 0 Å². The molecule has 4 heteroatoms. The highest BCUT2D eigenvalue weighted by atomic mass is 16.2. The second-order valence-corrected chi connectivity index (χ2v) is 5.31. The molecule has 2 aromatic rings. The van der Waals surface area contributed by atoms with Gasteiger partial charge in [0, 0.05) is 32.3 Å². The van der Waals surface area contributed by atoms with E-state index in [0.29, 0.717) is 12.2 Å². The Kier molecular flexibility index (Phi) is 5.69. The summed E-state index contributed by atoms with van der Waals surface area (Å²) in [7, 11) is 1.75. The van der Waals surface area contributed by atoms with E-state index in [-0.39, 0.29) is 11.8 Å². The number of rotatable bonds is 5. The predicted octanol–water partition coefficient (Wildman–Crippen LogP) is 3.32. The molecule has 0 unspecified atom stereocenters. The number of carbonyl (C=O) groups excluding carboxylic acids is 2. The zero-order valence-electron chi connectivity index (χ0n) is 13.3. The monoisotopic (exact) mass is 308 g/mol. The fourth-order valence-electron chi connectivity index (χ4n) is 2.05. The predicted molar refractivity (Wildman–Crippen MR) is 92.7 cm³/mol. The van der Waals surface area contributed by atoms with Crippen molar-refractivity contribution < 1.29 is 9.59 Å². The van der Waals surface area contributed by atoms with E-state index in [0.717, 1.165) is 11.1 Å². The van der Waals surface area contributed by atoms with Gasteiger partial charge in [0.2, 0.25) is 11.8 Å². The summed E-state index contributed by atoms with van der Waals surface area (Å²) in [6.07, 6.45) is 3.27. The molecule has 2 rings (SSSR count). The van der Waals surface area contributed by atoms with Crippen LogP contribution in [-0.4, -0.2) is 23.8 Å². The lowest BCUT2D eigenvalue weighted by Gasteiger charge is -2.15. The molecule has 2 aromatic carbocycles. The zero-order valence-corrected chi connectivity index (χ0v) is 13.3. The summed E-state index contributed by atoms with van der Waals surface area (Å²) in [6.45, 7) is 2.04. The minimum Gasteiger partial charge on any atom is -0.342 e. The fraction of sp³-hybridized carbons (Fsp3) is 0.158. The van der Waals surface area contributed by atoms with Crippen LogP contribution in [0.15, 0.2) is 60.7 Å². The van der Waals surface area contributed by atoms with Crippen LogP contribution in [0.3, 0.4) is 0 Å². The van der Waals surface area contributed by atoms with Gasteiger partial charge in [-0.3, -0.25) is 9.59 Å². The summed E-state index contributed by atoms with van der Waals surface area (Å²) in [5.74, 6) is -0.184. The third-order valence-electron chi connectivity index (χ3n) is 3.38. The third-order valence-corrected chi connectivity index (χ3v) is 3.38. The van der Waals surface area contributed by atoms with Crippen molar-refractivity contribution in [1.29, 1.82) is 0 Å². The molecule has 2 amide bonds. The molecule has 0 bridgehead atoms. The van der Waals surface area contributed by atoms with Gasteiger partial charge < -0.3 is 10.2 Å². The van der Waals surface area contributed by atoms with Crippen LogP contribution in [0.1, 0.15) is 18.1 Å². The van der Waals surface area contributed by atoms with Gasteiger partial charge in [-0.2, -0.15) is 0 Å². The van der Waals surface area contributed by atoms with Crippen molar-refractivity contribution in [2.24, 2.45) is 0 Å². The SMILES string of the molecule is CC(=O)N(C)Cc1cccc(NC(=O)/C=C/c2ccccc2)c1. The number of amides is 2. The second kappa shape index (κ2) is 7.94. The number of anilines is 1. The maximum absolute atomic E-state index is 12.0. The number of carbonyl (C=O) groups is 2. The number of hydrogen-bond acceptors (Lipinski definition) is 2. The van der Waals surface area contributed by atoms with Crippen LogP contribution in [0, 0.1) is 0 Å². The first kappa shape index (κ1) is 16.5. The first-order valence-corrected chi connectivity index (χ1v) is 7.39. The van der Waals surface area contributed by atoms with Gasteiger partial charge in [0.1, 0.15) is 0 Å². The average Bonchev–Trinajstić information content (AvgIpc) is 2.54. The molecule has 0 saturated carbocycles. The molecule has 0 aromatic heterocycles. The van der Waals surface area contributed by atoms with E-state index in [9.17, 15) is 9.59 Å². The molecule has 0 aliphatic rings. The van der Waals surface area contributed by atoms with Crippen LogP contribution in [0.5, 0.6) is 0 Å². The van der Waals surface area contributed by atoms with Gasteiger partial charge in [0.15, 0.2) is 0 Å². The summed E-state index contributed by atoms with van der Waals surface area (Å²) in [6, 6.07) is 17.1. The van der Waals surface area contributed by atoms with Crippen molar-refractivity contribution in [3.8, 4) is 0 Å². The minimum atomic E-state index is -0.189. The first-order valence-electron chi connectivity index (χ1n) is 7.39. The second-order valence-electron chi connectivity index (χ2n) is 5.31. The molecule has 0 saturated heterocycles. The lowest BCUT2D eigenvalue weighted by atomic mass is 10.2. The van der Waals surface area contributed by atoms with Crippen molar-refractivity contribution in [3.63, 3.8) is 0 Å². The summed E-state index contributed by atoms with van der Waals surface area (Å²) in [4.78, 5) is 24.9. The highest BCUT2D eigenvalue weighted by molar-refractivity contribution is 6.01. The van der Waals surface area contributed by atoms with E-state index in [2.05, 4.69) is 5.32 Å². The molecular weight excluding hydrogens is 288 g/mol. The highest BCUT2D eigenvalue weighted by Crippen LogP contribution is 2.12. The molecule has 0 fully saturated rings. The number of hydrogen-bond donors (Lipinski definition) is 1. The summed E-state index contributed by atoms with van der Waals surface area (Å²) in [5.41, 5.74) is 2.65. The van der Waals surface area contributed by atoms with Gasteiger partial charge in [0.25, 0.3) is 0 Å². The summed E-state index contributed by atoms with van der Waals surface area (Å²) in [5, 5.41) is 2.83. The van der Waals surface area contributed by atoms with Gasteiger partial charge in [-0.1, -0.05) is 42.5 Å². The molecule has 0 aliphatic carbocycles. The molecule has 1 N–H and O–H groups in total. The molecule has 4 nitrogen and oxygen atoms in total. The van der Waals surface area contributed by atoms with Crippen molar-refractivity contribution in [3.05, 3.63) is 71.8 Å². The Morgan fingerprint density at radius 2 is 1.83 bits per heavy atom. The Balaban J connectivity index is 1.98. The largest absolute Gasteiger partial charge is 0.342 e.